The summed E-state index contributed by atoms with van der Waals surface area (Å²) in [4.78, 5) is 12.2. The van der Waals surface area contributed by atoms with E-state index in [1.165, 1.54) is 30.0 Å². The molecule has 0 aliphatic heterocycles. The van der Waals surface area contributed by atoms with E-state index in [9.17, 15) is 9.18 Å². The minimum absolute atomic E-state index is 0.330. The van der Waals surface area contributed by atoms with Gasteiger partial charge in [0.25, 0.3) is 5.91 Å². The van der Waals surface area contributed by atoms with Crippen LogP contribution >= 0.6 is 15.9 Å². The zero-order chi connectivity index (χ0) is 14.9. The van der Waals surface area contributed by atoms with Crippen molar-refractivity contribution in [3.63, 3.8) is 0 Å². The predicted octanol–water partition coefficient (Wildman–Crippen LogP) is 2.89. The molecular weight excluding hydrogens is 329 g/mol. The number of benzene rings is 1. The number of ether oxygens (including phenoxy) is 1. The number of methoxy groups -OCH3 is 1. The van der Waals surface area contributed by atoms with Gasteiger partial charge < -0.3 is 10.1 Å². The van der Waals surface area contributed by atoms with Crippen molar-refractivity contribution in [2.24, 2.45) is 7.05 Å². The van der Waals surface area contributed by atoms with Crippen LogP contribution in [0.1, 0.15) is 16.1 Å². The summed E-state index contributed by atoms with van der Waals surface area (Å²) in [5.41, 5.74) is 1.46. The second-order valence-electron chi connectivity index (χ2n) is 4.17. The highest BCUT2D eigenvalue weighted by atomic mass is 79.9. The van der Waals surface area contributed by atoms with E-state index >= 15 is 0 Å². The first-order valence-electron chi connectivity index (χ1n) is 5.78. The van der Waals surface area contributed by atoms with Crippen molar-refractivity contribution in [2.75, 3.05) is 12.4 Å². The Morgan fingerprint density at radius 1 is 1.50 bits per heavy atom. The van der Waals surface area contributed by atoms with Gasteiger partial charge in [-0.05, 0) is 41.1 Å². The maximum atomic E-state index is 13.0. The number of nitrogens with zero attached hydrogens (tertiary/aromatic N) is 2. The Balaban J connectivity index is 2.32. The smallest absolute Gasteiger partial charge is 0.257 e. The van der Waals surface area contributed by atoms with Crippen molar-refractivity contribution >= 4 is 27.5 Å². The Morgan fingerprint density at radius 2 is 2.20 bits per heavy atom. The first-order valence-corrected chi connectivity index (χ1v) is 6.57. The topological polar surface area (TPSA) is 56.1 Å². The maximum Gasteiger partial charge on any atom is 0.257 e. The summed E-state index contributed by atoms with van der Waals surface area (Å²) in [6, 6.07) is 3.88. The van der Waals surface area contributed by atoms with E-state index < -0.39 is 5.82 Å². The lowest BCUT2D eigenvalue weighted by Crippen LogP contribution is -2.13. The van der Waals surface area contributed by atoms with Crippen LogP contribution in [0, 0.1) is 12.7 Å². The Morgan fingerprint density at radius 3 is 2.80 bits per heavy atom. The first-order chi connectivity index (χ1) is 9.43. The van der Waals surface area contributed by atoms with Crippen LogP contribution < -0.4 is 10.1 Å². The largest absolute Gasteiger partial charge is 0.480 e. The molecule has 7 heteroatoms. The molecule has 0 atom stereocenters. The number of carbonyl (C=O) groups is 1. The van der Waals surface area contributed by atoms with Gasteiger partial charge in [-0.2, -0.15) is 5.10 Å². The van der Waals surface area contributed by atoms with Gasteiger partial charge in [-0.3, -0.25) is 4.79 Å². The molecule has 0 aliphatic rings. The van der Waals surface area contributed by atoms with Crippen molar-refractivity contribution in [1.82, 2.24) is 9.78 Å². The van der Waals surface area contributed by atoms with Gasteiger partial charge in [0.15, 0.2) is 0 Å². The highest BCUT2D eigenvalue weighted by Gasteiger charge is 2.18. The molecule has 1 aromatic carbocycles. The number of carbonyl (C=O) groups excluding carboxylic acids is 1. The molecule has 0 radical (unpaired) electrons. The van der Waals surface area contributed by atoms with Gasteiger partial charge in [0.2, 0.25) is 5.88 Å². The third-order valence-corrected chi connectivity index (χ3v) is 3.43. The Labute approximate surface area is 123 Å². The molecule has 1 N–H and O–H groups in total. The third kappa shape index (κ3) is 2.67. The van der Waals surface area contributed by atoms with E-state index in [2.05, 4.69) is 26.3 Å². The number of rotatable bonds is 3. The predicted molar refractivity (Wildman–Crippen MR) is 76.6 cm³/mol. The number of halogens is 2. The fourth-order valence-corrected chi connectivity index (χ4v) is 2.40. The number of aromatic nitrogens is 2. The summed E-state index contributed by atoms with van der Waals surface area (Å²) in [5.74, 6) is -0.330. The van der Waals surface area contributed by atoms with Crippen LogP contribution in [0.5, 0.6) is 5.88 Å². The first kappa shape index (κ1) is 14.5. The molecule has 1 aromatic heterocycles. The molecule has 2 rings (SSSR count). The molecule has 0 fully saturated rings. The fourth-order valence-electron chi connectivity index (χ4n) is 1.87. The van der Waals surface area contributed by atoms with E-state index in [-0.39, 0.29) is 5.91 Å². The third-order valence-electron chi connectivity index (χ3n) is 2.78. The van der Waals surface area contributed by atoms with E-state index in [4.69, 9.17) is 4.74 Å². The lowest BCUT2D eigenvalue weighted by atomic mass is 10.2. The second-order valence-corrected chi connectivity index (χ2v) is 5.03. The van der Waals surface area contributed by atoms with Crippen molar-refractivity contribution in [3.05, 3.63) is 39.7 Å². The molecule has 2 aromatic rings. The van der Waals surface area contributed by atoms with Crippen LogP contribution in [-0.2, 0) is 7.05 Å². The van der Waals surface area contributed by atoms with Gasteiger partial charge in [-0.25, -0.2) is 9.07 Å². The lowest BCUT2D eigenvalue weighted by Gasteiger charge is -2.08. The average Bonchev–Trinajstić information content (AvgIpc) is 2.63. The minimum atomic E-state index is -0.413. The SMILES string of the molecule is COc1c(NC(=O)c2ccc(F)cc2Br)c(C)nn1C. The van der Waals surface area contributed by atoms with Gasteiger partial charge in [0.1, 0.15) is 11.5 Å². The fraction of sp³-hybridized carbons (Fsp3) is 0.231. The number of aryl methyl sites for hydroxylation is 2. The molecule has 1 heterocycles. The normalized spacial score (nSPS) is 10.4. The minimum Gasteiger partial charge on any atom is -0.480 e. The molecule has 0 spiro atoms. The molecular formula is C13H13BrFN3O2. The number of hydrogen-bond donors (Lipinski definition) is 1. The highest BCUT2D eigenvalue weighted by Crippen LogP contribution is 2.28. The lowest BCUT2D eigenvalue weighted by molar-refractivity contribution is 0.102. The quantitative estimate of drug-likeness (QED) is 0.933. The summed E-state index contributed by atoms with van der Waals surface area (Å²) in [5, 5.41) is 6.90. The van der Waals surface area contributed by atoms with Gasteiger partial charge >= 0.3 is 0 Å². The van der Waals surface area contributed by atoms with Crippen LogP contribution in [0.15, 0.2) is 22.7 Å². The highest BCUT2D eigenvalue weighted by molar-refractivity contribution is 9.10. The summed E-state index contributed by atoms with van der Waals surface area (Å²) in [6.07, 6.45) is 0. The van der Waals surface area contributed by atoms with E-state index in [0.29, 0.717) is 27.3 Å². The molecule has 0 saturated carbocycles. The second kappa shape index (κ2) is 5.62. The summed E-state index contributed by atoms with van der Waals surface area (Å²) >= 11 is 3.17. The van der Waals surface area contributed by atoms with Crippen molar-refractivity contribution in [2.45, 2.75) is 6.92 Å². The molecule has 1 amide bonds. The van der Waals surface area contributed by atoms with E-state index in [1.54, 1.807) is 14.0 Å². The van der Waals surface area contributed by atoms with Crippen LogP contribution in [-0.4, -0.2) is 22.8 Å². The van der Waals surface area contributed by atoms with Crippen LogP contribution in [0.2, 0.25) is 0 Å². The van der Waals surface area contributed by atoms with Crippen LogP contribution in [0.3, 0.4) is 0 Å². The van der Waals surface area contributed by atoms with Crippen molar-refractivity contribution in [3.8, 4) is 5.88 Å². The zero-order valence-corrected chi connectivity index (χ0v) is 12.8. The Kier molecular flexibility index (Phi) is 4.08. The number of nitrogens with one attached hydrogen (secondary N) is 1. The standard InChI is InChI=1S/C13H13BrFN3O2/c1-7-11(13(20-3)18(2)17-7)16-12(19)9-5-4-8(15)6-10(9)14/h4-6H,1-3H3,(H,16,19). The number of hydrogen-bond acceptors (Lipinski definition) is 3. The van der Waals surface area contributed by atoms with Gasteiger partial charge in [0.05, 0.1) is 18.4 Å². The number of amides is 1. The Hall–Kier alpha value is -1.89. The Bertz CT molecular complexity index is 670. The van der Waals surface area contributed by atoms with Gasteiger partial charge in [-0.1, -0.05) is 0 Å². The maximum absolute atomic E-state index is 13.0. The molecule has 106 valence electrons. The summed E-state index contributed by atoms with van der Waals surface area (Å²) in [6.45, 7) is 1.76. The monoisotopic (exact) mass is 341 g/mol. The molecule has 20 heavy (non-hydrogen) atoms. The molecule has 0 bridgehead atoms. The average molecular weight is 342 g/mol. The van der Waals surface area contributed by atoms with Gasteiger partial charge in [0, 0.05) is 11.5 Å². The summed E-state index contributed by atoms with van der Waals surface area (Å²) < 4.78 is 20.1. The van der Waals surface area contributed by atoms with E-state index in [1.807, 2.05) is 0 Å². The van der Waals surface area contributed by atoms with Crippen LogP contribution in [0.25, 0.3) is 0 Å². The van der Waals surface area contributed by atoms with Crippen molar-refractivity contribution in [1.29, 1.82) is 0 Å². The zero-order valence-electron chi connectivity index (χ0n) is 11.2. The summed E-state index contributed by atoms with van der Waals surface area (Å²) in [7, 11) is 3.22. The molecule has 5 nitrogen and oxygen atoms in total. The molecule has 0 unspecified atom stereocenters. The number of anilines is 1. The molecule has 0 aliphatic carbocycles. The van der Waals surface area contributed by atoms with Gasteiger partial charge in [-0.15, -0.1) is 0 Å². The van der Waals surface area contributed by atoms with E-state index in [0.717, 1.165) is 0 Å². The van der Waals surface area contributed by atoms with Crippen LogP contribution in [0.4, 0.5) is 10.1 Å². The molecule has 0 saturated heterocycles. The van der Waals surface area contributed by atoms with Crippen molar-refractivity contribution < 1.29 is 13.9 Å².